The second kappa shape index (κ2) is 4.87. The lowest BCUT2D eigenvalue weighted by molar-refractivity contribution is -0.0804. The summed E-state index contributed by atoms with van der Waals surface area (Å²) < 4.78 is 6.07. The Bertz CT molecular complexity index is 642. The van der Waals surface area contributed by atoms with Gasteiger partial charge in [0, 0.05) is 11.6 Å². The zero-order valence-electron chi connectivity index (χ0n) is 13.4. The summed E-state index contributed by atoms with van der Waals surface area (Å²) in [5.74, 6) is 1.66. The van der Waals surface area contributed by atoms with E-state index < -0.39 is 5.60 Å². The Morgan fingerprint density at radius 2 is 2.09 bits per heavy atom. The van der Waals surface area contributed by atoms with Gasteiger partial charge in [-0.3, -0.25) is 0 Å². The Hall–Kier alpha value is -1.26. The van der Waals surface area contributed by atoms with E-state index in [0.717, 1.165) is 43.7 Å². The van der Waals surface area contributed by atoms with E-state index in [-0.39, 0.29) is 23.8 Å². The molecule has 1 unspecified atom stereocenters. The Morgan fingerprint density at radius 1 is 1.22 bits per heavy atom. The van der Waals surface area contributed by atoms with Crippen LogP contribution in [0.25, 0.3) is 0 Å². The van der Waals surface area contributed by atoms with Gasteiger partial charge in [0.2, 0.25) is 0 Å². The first kappa shape index (κ1) is 14.1. The van der Waals surface area contributed by atoms with Crippen LogP contribution in [0.4, 0.5) is 0 Å². The highest BCUT2D eigenvalue weighted by atomic mass is 16.5. The van der Waals surface area contributed by atoms with Gasteiger partial charge in [-0.2, -0.15) is 0 Å². The standard InChI is InChI=1S/C19H25NO3/c21-13-7-6-12-9-15(20-10-11-3-1-4-11)19(22)8-2-5-14-17(19)16(12)18(13)23-14/h6-7,11,14-15,17,20-22H,1-5,8-10H2/t14-,15+,17?,19+/m1/s1. The lowest BCUT2D eigenvalue weighted by Crippen LogP contribution is -2.62. The van der Waals surface area contributed by atoms with E-state index in [1.54, 1.807) is 6.07 Å². The van der Waals surface area contributed by atoms with Crippen LogP contribution >= 0.6 is 0 Å². The highest BCUT2D eigenvalue weighted by Gasteiger charge is 2.58. The van der Waals surface area contributed by atoms with Crippen molar-refractivity contribution in [1.82, 2.24) is 5.32 Å². The van der Waals surface area contributed by atoms with Gasteiger partial charge in [0.15, 0.2) is 11.5 Å². The van der Waals surface area contributed by atoms with Gasteiger partial charge in [-0.25, -0.2) is 0 Å². The number of ether oxygens (including phenoxy) is 1. The number of rotatable bonds is 3. The number of hydrogen-bond donors (Lipinski definition) is 3. The smallest absolute Gasteiger partial charge is 0.165 e. The first-order valence-corrected chi connectivity index (χ1v) is 9.14. The van der Waals surface area contributed by atoms with E-state index in [4.69, 9.17) is 4.74 Å². The van der Waals surface area contributed by atoms with E-state index in [1.807, 2.05) is 6.07 Å². The zero-order chi connectivity index (χ0) is 15.6. The van der Waals surface area contributed by atoms with Crippen molar-refractivity contribution in [3.63, 3.8) is 0 Å². The molecular weight excluding hydrogens is 290 g/mol. The van der Waals surface area contributed by atoms with Crippen molar-refractivity contribution in [2.24, 2.45) is 5.92 Å². The molecule has 2 fully saturated rings. The van der Waals surface area contributed by atoms with Gasteiger partial charge >= 0.3 is 0 Å². The molecule has 2 saturated carbocycles. The average molecular weight is 315 g/mol. The first-order chi connectivity index (χ1) is 11.2. The topological polar surface area (TPSA) is 61.7 Å². The molecule has 1 aromatic carbocycles. The number of benzene rings is 1. The fourth-order valence-corrected chi connectivity index (χ4v) is 5.26. The van der Waals surface area contributed by atoms with Crippen LogP contribution in [0.5, 0.6) is 11.5 Å². The van der Waals surface area contributed by atoms with Gasteiger partial charge in [0.05, 0.1) is 11.5 Å². The zero-order valence-corrected chi connectivity index (χ0v) is 13.4. The Morgan fingerprint density at radius 3 is 2.87 bits per heavy atom. The van der Waals surface area contributed by atoms with Crippen LogP contribution in [-0.4, -0.2) is 34.5 Å². The van der Waals surface area contributed by atoms with E-state index >= 15 is 0 Å². The molecule has 0 spiro atoms. The van der Waals surface area contributed by atoms with Crippen LogP contribution < -0.4 is 10.1 Å². The van der Waals surface area contributed by atoms with Crippen molar-refractivity contribution in [2.45, 2.75) is 68.6 Å². The van der Waals surface area contributed by atoms with Crippen molar-refractivity contribution in [3.8, 4) is 11.5 Å². The molecule has 124 valence electrons. The highest BCUT2D eigenvalue weighted by molar-refractivity contribution is 5.58. The van der Waals surface area contributed by atoms with E-state index in [2.05, 4.69) is 5.32 Å². The molecule has 5 rings (SSSR count). The monoisotopic (exact) mass is 315 g/mol. The summed E-state index contributed by atoms with van der Waals surface area (Å²) >= 11 is 0. The second-order valence-electron chi connectivity index (χ2n) is 7.97. The van der Waals surface area contributed by atoms with Crippen molar-refractivity contribution in [3.05, 3.63) is 23.3 Å². The highest BCUT2D eigenvalue weighted by Crippen LogP contribution is 2.58. The third-order valence-electron chi connectivity index (χ3n) is 6.73. The molecule has 0 radical (unpaired) electrons. The number of hydrogen-bond acceptors (Lipinski definition) is 4. The number of aliphatic hydroxyl groups is 1. The Balaban J connectivity index is 1.52. The van der Waals surface area contributed by atoms with Gasteiger partial charge < -0.3 is 20.3 Å². The molecule has 0 bridgehead atoms. The molecule has 3 aliphatic carbocycles. The average Bonchev–Trinajstić information content (AvgIpc) is 2.88. The molecule has 4 heteroatoms. The summed E-state index contributed by atoms with van der Waals surface area (Å²) in [5.41, 5.74) is 1.58. The lowest BCUT2D eigenvalue weighted by Gasteiger charge is -2.49. The van der Waals surface area contributed by atoms with Crippen molar-refractivity contribution in [2.75, 3.05) is 6.54 Å². The fourth-order valence-electron chi connectivity index (χ4n) is 5.26. The third-order valence-corrected chi connectivity index (χ3v) is 6.73. The minimum Gasteiger partial charge on any atom is -0.504 e. The molecule has 4 nitrogen and oxygen atoms in total. The summed E-state index contributed by atoms with van der Waals surface area (Å²) in [4.78, 5) is 0. The largest absolute Gasteiger partial charge is 0.504 e. The van der Waals surface area contributed by atoms with Gasteiger partial charge in [-0.05, 0) is 62.6 Å². The van der Waals surface area contributed by atoms with Gasteiger partial charge in [-0.15, -0.1) is 0 Å². The maximum atomic E-state index is 11.6. The first-order valence-electron chi connectivity index (χ1n) is 9.14. The molecule has 1 aromatic rings. The molecule has 0 aromatic heterocycles. The Kier molecular flexibility index (Phi) is 2.99. The predicted molar refractivity (Wildman–Crippen MR) is 86.9 cm³/mol. The number of phenols is 1. The molecule has 3 N–H and O–H groups in total. The van der Waals surface area contributed by atoms with Gasteiger partial charge in [0.25, 0.3) is 0 Å². The minimum absolute atomic E-state index is 0.0148. The summed E-state index contributed by atoms with van der Waals surface area (Å²) in [7, 11) is 0. The molecule has 23 heavy (non-hydrogen) atoms. The maximum absolute atomic E-state index is 11.6. The van der Waals surface area contributed by atoms with Crippen LogP contribution in [0.2, 0.25) is 0 Å². The molecule has 0 amide bonds. The fraction of sp³-hybridized carbons (Fsp3) is 0.684. The van der Waals surface area contributed by atoms with Crippen molar-refractivity contribution < 1.29 is 14.9 Å². The Labute approximate surface area is 136 Å². The van der Waals surface area contributed by atoms with Gasteiger partial charge in [-0.1, -0.05) is 12.5 Å². The molecule has 4 aliphatic rings. The number of aromatic hydroxyl groups is 1. The molecular formula is C19H25NO3. The van der Waals surface area contributed by atoms with Crippen LogP contribution in [0, 0.1) is 5.92 Å². The van der Waals surface area contributed by atoms with Crippen LogP contribution in [-0.2, 0) is 6.42 Å². The summed E-state index contributed by atoms with van der Waals surface area (Å²) in [5, 5.41) is 25.4. The normalized spacial score (nSPS) is 37.9. The number of phenolic OH excluding ortho intramolecular Hbond substituents is 1. The van der Waals surface area contributed by atoms with Crippen LogP contribution in [0.1, 0.15) is 55.6 Å². The van der Waals surface area contributed by atoms with E-state index in [9.17, 15) is 10.2 Å². The van der Waals surface area contributed by atoms with Crippen LogP contribution in [0.15, 0.2) is 12.1 Å². The SMILES string of the molecule is Oc1ccc2c3c1O[C@@H]1CCC[C@@](O)(C31)[C@@H](NCC1CCC1)C2. The molecule has 1 aliphatic heterocycles. The van der Waals surface area contributed by atoms with Crippen molar-refractivity contribution >= 4 is 0 Å². The maximum Gasteiger partial charge on any atom is 0.165 e. The summed E-state index contributed by atoms with van der Waals surface area (Å²) in [6.45, 7) is 1.02. The molecule has 4 atom stereocenters. The lowest BCUT2D eigenvalue weighted by atomic mass is 9.62. The third kappa shape index (κ3) is 1.91. The summed E-state index contributed by atoms with van der Waals surface area (Å²) in [6, 6.07) is 3.87. The molecule has 0 saturated heterocycles. The van der Waals surface area contributed by atoms with Crippen LogP contribution in [0.3, 0.4) is 0 Å². The summed E-state index contributed by atoms with van der Waals surface area (Å²) in [6.07, 6.45) is 7.63. The second-order valence-corrected chi connectivity index (χ2v) is 7.97. The minimum atomic E-state index is -0.737. The quantitative estimate of drug-likeness (QED) is 0.802. The molecule has 1 heterocycles. The van der Waals surface area contributed by atoms with E-state index in [0.29, 0.717) is 5.75 Å². The number of nitrogens with one attached hydrogen (secondary N) is 1. The van der Waals surface area contributed by atoms with E-state index in [1.165, 1.54) is 24.8 Å². The predicted octanol–water partition coefficient (Wildman–Crippen LogP) is 2.47. The van der Waals surface area contributed by atoms with Gasteiger partial charge in [0.1, 0.15) is 6.10 Å². The van der Waals surface area contributed by atoms with Crippen molar-refractivity contribution in [1.29, 1.82) is 0 Å².